The second kappa shape index (κ2) is 10.3. The largest absolute Gasteiger partial charge is 0.493 e. The monoisotopic (exact) mass is 440 g/mol. The fraction of sp³-hybridized carbons (Fsp3) is 0.500. The van der Waals surface area contributed by atoms with E-state index in [4.69, 9.17) is 9.47 Å². The van der Waals surface area contributed by atoms with E-state index >= 15 is 0 Å². The van der Waals surface area contributed by atoms with Crippen LogP contribution in [0, 0.1) is 11.7 Å². The standard InChI is InChI=1S/C26H33FN2O3/c1-31-24-14-21-10-13-29(26(30)16-22(21)15-25(24)32-2)18-20-4-3-11-28(17-20)12-9-19-5-7-23(27)8-6-19/h5-8,14-15,20H,3-4,9-13,16-18H2,1-2H3. The van der Waals surface area contributed by atoms with Crippen molar-refractivity contribution >= 4 is 5.91 Å². The van der Waals surface area contributed by atoms with E-state index in [0.29, 0.717) is 18.1 Å². The average molecular weight is 441 g/mol. The maximum Gasteiger partial charge on any atom is 0.227 e. The van der Waals surface area contributed by atoms with Gasteiger partial charge in [-0.15, -0.1) is 0 Å². The van der Waals surface area contributed by atoms with Gasteiger partial charge in [-0.1, -0.05) is 12.1 Å². The highest BCUT2D eigenvalue weighted by Crippen LogP contribution is 2.32. The van der Waals surface area contributed by atoms with Gasteiger partial charge in [0.2, 0.25) is 5.91 Å². The van der Waals surface area contributed by atoms with E-state index in [9.17, 15) is 9.18 Å². The van der Waals surface area contributed by atoms with Gasteiger partial charge in [-0.3, -0.25) is 4.79 Å². The van der Waals surface area contributed by atoms with Crippen molar-refractivity contribution in [3.63, 3.8) is 0 Å². The Morgan fingerprint density at radius 1 is 1.03 bits per heavy atom. The first-order valence-electron chi connectivity index (χ1n) is 11.5. The van der Waals surface area contributed by atoms with E-state index in [1.54, 1.807) is 14.2 Å². The van der Waals surface area contributed by atoms with Crippen LogP contribution in [-0.2, 0) is 24.1 Å². The molecule has 2 aromatic carbocycles. The second-order valence-corrected chi connectivity index (χ2v) is 8.93. The summed E-state index contributed by atoms with van der Waals surface area (Å²) >= 11 is 0. The molecule has 6 heteroatoms. The molecule has 2 heterocycles. The lowest BCUT2D eigenvalue weighted by molar-refractivity contribution is -0.131. The molecule has 1 unspecified atom stereocenters. The minimum absolute atomic E-state index is 0.187. The molecule has 5 nitrogen and oxygen atoms in total. The molecule has 1 saturated heterocycles. The molecule has 1 atom stereocenters. The fourth-order valence-corrected chi connectivity index (χ4v) is 4.96. The van der Waals surface area contributed by atoms with E-state index in [0.717, 1.165) is 69.7 Å². The third kappa shape index (κ3) is 5.41. The van der Waals surface area contributed by atoms with Gasteiger partial charge < -0.3 is 19.3 Å². The second-order valence-electron chi connectivity index (χ2n) is 8.93. The van der Waals surface area contributed by atoms with Gasteiger partial charge >= 0.3 is 0 Å². The number of ether oxygens (including phenoxy) is 2. The molecule has 0 bridgehead atoms. The third-order valence-electron chi connectivity index (χ3n) is 6.76. The quantitative estimate of drug-likeness (QED) is 0.658. The highest BCUT2D eigenvalue weighted by molar-refractivity contribution is 5.80. The van der Waals surface area contributed by atoms with Crippen molar-refractivity contribution in [2.75, 3.05) is 46.9 Å². The molecule has 1 amide bonds. The van der Waals surface area contributed by atoms with E-state index < -0.39 is 0 Å². The van der Waals surface area contributed by atoms with Crippen molar-refractivity contribution in [1.82, 2.24) is 9.80 Å². The first-order valence-corrected chi connectivity index (χ1v) is 11.5. The average Bonchev–Trinajstić information content (AvgIpc) is 2.96. The predicted molar refractivity (Wildman–Crippen MR) is 123 cm³/mol. The first-order chi connectivity index (χ1) is 15.6. The number of hydrogen-bond acceptors (Lipinski definition) is 4. The number of halogens is 1. The van der Waals surface area contributed by atoms with Crippen LogP contribution in [0.15, 0.2) is 36.4 Å². The molecule has 4 rings (SSSR count). The molecule has 32 heavy (non-hydrogen) atoms. The van der Waals surface area contributed by atoms with Crippen molar-refractivity contribution < 1.29 is 18.7 Å². The highest BCUT2D eigenvalue weighted by atomic mass is 19.1. The first kappa shape index (κ1) is 22.6. The fourth-order valence-electron chi connectivity index (χ4n) is 4.96. The SMILES string of the molecule is COc1cc2c(cc1OC)CC(=O)N(CC1CCCN(CCc3ccc(F)cc3)C1)CC2. The smallest absolute Gasteiger partial charge is 0.227 e. The minimum Gasteiger partial charge on any atom is -0.493 e. The molecule has 2 aliphatic rings. The molecule has 2 aliphatic heterocycles. The number of piperidine rings is 1. The Morgan fingerprint density at radius 2 is 1.75 bits per heavy atom. The lowest BCUT2D eigenvalue weighted by atomic mass is 9.96. The predicted octanol–water partition coefficient (Wildman–Crippen LogP) is 3.72. The molecule has 0 radical (unpaired) electrons. The van der Waals surface area contributed by atoms with Crippen LogP contribution in [0.25, 0.3) is 0 Å². The van der Waals surface area contributed by atoms with Gasteiger partial charge in [0.15, 0.2) is 11.5 Å². The third-order valence-corrected chi connectivity index (χ3v) is 6.76. The number of rotatable bonds is 7. The number of carbonyl (C=O) groups excluding carboxylic acids is 1. The molecule has 1 fully saturated rings. The summed E-state index contributed by atoms with van der Waals surface area (Å²) in [6.07, 6.45) is 4.49. The van der Waals surface area contributed by atoms with E-state index in [-0.39, 0.29) is 11.7 Å². The molecule has 0 spiro atoms. The van der Waals surface area contributed by atoms with Gasteiger partial charge in [0.1, 0.15) is 5.82 Å². The molecule has 0 aliphatic carbocycles. The van der Waals surface area contributed by atoms with Crippen LogP contribution in [0.2, 0.25) is 0 Å². The van der Waals surface area contributed by atoms with E-state index in [1.165, 1.54) is 23.3 Å². The molecule has 2 aromatic rings. The highest BCUT2D eigenvalue weighted by Gasteiger charge is 2.27. The number of nitrogens with zero attached hydrogens (tertiary/aromatic N) is 2. The number of hydrogen-bond donors (Lipinski definition) is 0. The van der Waals surface area contributed by atoms with Crippen molar-refractivity contribution in [1.29, 1.82) is 0 Å². The van der Waals surface area contributed by atoms with Crippen LogP contribution in [0.4, 0.5) is 4.39 Å². The summed E-state index contributed by atoms with van der Waals surface area (Å²) in [6, 6.07) is 10.8. The Hall–Kier alpha value is -2.60. The summed E-state index contributed by atoms with van der Waals surface area (Å²) in [5, 5.41) is 0. The number of benzene rings is 2. The topological polar surface area (TPSA) is 42.0 Å². The maximum atomic E-state index is 13.1. The van der Waals surface area contributed by atoms with E-state index in [2.05, 4.69) is 4.90 Å². The van der Waals surface area contributed by atoms with Gasteiger partial charge in [-0.25, -0.2) is 4.39 Å². The van der Waals surface area contributed by atoms with Gasteiger partial charge in [-0.2, -0.15) is 0 Å². The van der Waals surface area contributed by atoms with Crippen molar-refractivity contribution in [3.8, 4) is 11.5 Å². The van der Waals surface area contributed by atoms with Crippen LogP contribution in [-0.4, -0.2) is 62.7 Å². The van der Waals surface area contributed by atoms with Crippen LogP contribution >= 0.6 is 0 Å². The van der Waals surface area contributed by atoms with Gasteiger partial charge in [0.25, 0.3) is 0 Å². The van der Waals surface area contributed by atoms with E-state index in [1.807, 2.05) is 29.2 Å². The lowest BCUT2D eigenvalue weighted by Gasteiger charge is -2.35. The van der Waals surface area contributed by atoms with Crippen LogP contribution in [0.1, 0.15) is 29.5 Å². The number of methoxy groups -OCH3 is 2. The minimum atomic E-state index is -0.187. The Morgan fingerprint density at radius 3 is 2.47 bits per heavy atom. The van der Waals surface area contributed by atoms with Crippen LogP contribution < -0.4 is 9.47 Å². The Labute approximate surface area is 190 Å². The van der Waals surface area contributed by atoms with Crippen LogP contribution in [0.3, 0.4) is 0 Å². The molecular formula is C26H33FN2O3. The zero-order valence-electron chi connectivity index (χ0n) is 19.1. The molecule has 0 saturated carbocycles. The summed E-state index contributed by atoms with van der Waals surface area (Å²) in [4.78, 5) is 17.6. The molecule has 172 valence electrons. The normalized spacial score (nSPS) is 19.4. The van der Waals surface area contributed by atoms with Crippen molar-refractivity contribution in [2.45, 2.75) is 32.1 Å². The van der Waals surface area contributed by atoms with Gasteiger partial charge in [0.05, 0.1) is 20.6 Å². The summed E-state index contributed by atoms with van der Waals surface area (Å²) in [7, 11) is 3.27. The number of carbonyl (C=O) groups is 1. The zero-order valence-corrected chi connectivity index (χ0v) is 19.1. The Balaban J connectivity index is 1.34. The van der Waals surface area contributed by atoms with Crippen molar-refractivity contribution in [3.05, 3.63) is 58.9 Å². The van der Waals surface area contributed by atoms with Gasteiger partial charge in [-0.05, 0) is 79.1 Å². The summed E-state index contributed by atoms with van der Waals surface area (Å²) in [5.74, 6) is 1.89. The number of likely N-dealkylation sites (tertiary alicyclic amines) is 1. The van der Waals surface area contributed by atoms with Crippen LogP contribution in [0.5, 0.6) is 11.5 Å². The van der Waals surface area contributed by atoms with Crippen molar-refractivity contribution in [2.24, 2.45) is 5.92 Å². The molecule has 0 aromatic heterocycles. The summed E-state index contributed by atoms with van der Waals surface area (Å²) in [5.41, 5.74) is 3.38. The summed E-state index contributed by atoms with van der Waals surface area (Å²) < 4.78 is 24.0. The Bertz CT molecular complexity index is 931. The zero-order chi connectivity index (χ0) is 22.5. The summed E-state index contributed by atoms with van der Waals surface area (Å²) in [6.45, 7) is 4.64. The number of fused-ring (bicyclic) bond motifs is 1. The Kier molecular flexibility index (Phi) is 7.30. The lowest BCUT2D eigenvalue weighted by Crippen LogP contribution is -2.44. The van der Waals surface area contributed by atoms with Gasteiger partial charge in [0, 0.05) is 26.2 Å². The molecule has 0 N–H and O–H groups in total. The molecular weight excluding hydrogens is 407 g/mol. The maximum absolute atomic E-state index is 13.1. The number of amides is 1.